The Morgan fingerprint density at radius 1 is 0.857 bits per heavy atom. The molecule has 0 unspecified atom stereocenters. The summed E-state index contributed by atoms with van der Waals surface area (Å²) < 4.78 is 0. The second-order valence-electron chi connectivity index (χ2n) is 9.64. The van der Waals surface area contributed by atoms with Gasteiger partial charge in [0.2, 0.25) is 11.8 Å². The summed E-state index contributed by atoms with van der Waals surface area (Å²) in [4.78, 5) is 29.3. The van der Waals surface area contributed by atoms with Gasteiger partial charge in [-0.25, -0.2) is 0 Å². The molecule has 35 heavy (non-hydrogen) atoms. The lowest BCUT2D eigenvalue weighted by Crippen LogP contribution is -2.52. The first-order valence-electron chi connectivity index (χ1n) is 12.5. The Balaban J connectivity index is 2.00. The van der Waals surface area contributed by atoms with E-state index >= 15 is 0 Å². The fourth-order valence-electron chi connectivity index (χ4n) is 4.26. The van der Waals surface area contributed by atoms with Crippen molar-refractivity contribution in [2.45, 2.75) is 72.5 Å². The molecule has 4 heteroatoms. The van der Waals surface area contributed by atoms with Crippen molar-refractivity contribution in [3.05, 3.63) is 106 Å². The second-order valence-corrected chi connectivity index (χ2v) is 9.64. The van der Waals surface area contributed by atoms with Crippen LogP contribution in [0.3, 0.4) is 0 Å². The van der Waals surface area contributed by atoms with Gasteiger partial charge in [-0.1, -0.05) is 90.8 Å². The van der Waals surface area contributed by atoms with E-state index in [0.717, 1.165) is 39.8 Å². The maximum absolute atomic E-state index is 13.9. The van der Waals surface area contributed by atoms with E-state index < -0.39 is 6.04 Å². The van der Waals surface area contributed by atoms with Gasteiger partial charge < -0.3 is 10.2 Å². The van der Waals surface area contributed by atoms with E-state index in [1.54, 1.807) is 4.90 Å². The average molecular weight is 471 g/mol. The Morgan fingerprint density at radius 3 is 2.23 bits per heavy atom. The molecule has 3 aromatic carbocycles. The summed E-state index contributed by atoms with van der Waals surface area (Å²) in [6.07, 6.45) is 1.56. The molecule has 0 aromatic heterocycles. The molecule has 0 heterocycles. The minimum atomic E-state index is -0.607. The molecule has 0 saturated heterocycles. The summed E-state index contributed by atoms with van der Waals surface area (Å²) in [6, 6.07) is 23.7. The zero-order chi connectivity index (χ0) is 25.4. The third-order valence-electron chi connectivity index (χ3n) is 6.55. The second kappa shape index (κ2) is 12.3. The van der Waals surface area contributed by atoms with Gasteiger partial charge in [-0.3, -0.25) is 9.59 Å². The molecule has 0 bridgehead atoms. The Kier molecular flexibility index (Phi) is 9.25. The minimum absolute atomic E-state index is 0.0377. The first-order valence-corrected chi connectivity index (χ1v) is 12.5. The monoisotopic (exact) mass is 470 g/mol. The van der Waals surface area contributed by atoms with Crippen LogP contribution < -0.4 is 5.32 Å². The van der Waals surface area contributed by atoms with Crippen LogP contribution in [0.2, 0.25) is 0 Å². The number of nitrogens with zero attached hydrogens (tertiary/aromatic N) is 1. The topological polar surface area (TPSA) is 49.4 Å². The van der Waals surface area contributed by atoms with Crippen LogP contribution in [-0.2, 0) is 29.0 Å². The number of rotatable bonds is 10. The fourth-order valence-corrected chi connectivity index (χ4v) is 4.26. The summed E-state index contributed by atoms with van der Waals surface area (Å²) in [5, 5.41) is 3.13. The van der Waals surface area contributed by atoms with E-state index in [9.17, 15) is 9.59 Å². The molecule has 3 rings (SSSR count). The van der Waals surface area contributed by atoms with Crippen LogP contribution in [0, 0.1) is 20.8 Å². The molecule has 0 saturated carbocycles. The number of carbonyl (C=O) groups excluding carboxylic acids is 2. The summed E-state index contributed by atoms with van der Waals surface area (Å²) >= 11 is 0. The first-order chi connectivity index (χ1) is 16.8. The van der Waals surface area contributed by atoms with Crippen molar-refractivity contribution in [2.24, 2.45) is 0 Å². The normalized spacial score (nSPS) is 12.6. The summed E-state index contributed by atoms with van der Waals surface area (Å²) in [5.41, 5.74) is 6.40. The smallest absolute Gasteiger partial charge is 0.243 e. The van der Waals surface area contributed by atoms with Gasteiger partial charge in [0.25, 0.3) is 0 Å². The Bertz CT molecular complexity index is 1140. The van der Waals surface area contributed by atoms with E-state index in [4.69, 9.17) is 0 Å². The van der Waals surface area contributed by atoms with Crippen LogP contribution in [0.1, 0.15) is 53.6 Å². The molecule has 2 atom stereocenters. The molecule has 1 N–H and O–H groups in total. The average Bonchev–Trinajstić information content (AvgIpc) is 2.84. The van der Waals surface area contributed by atoms with Crippen molar-refractivity contribution in [3.8, 4) is 0 Å². The van der Waals surface area contributed by atoms with Crippen molar-refractivity contribution in [3.63, 3.8) is 0 Å². The van der Waals surface area contributed by atoms with Crippen molar-refractivity contribution in [1.29, 1.82) is 0 Å². The van der Waals surface area contributed by atoms with Gasteiger partial charge in [-0.15, -0.1) is 0 Å². The van der Waals surface area contributed by atoms with Crippen molar-refractivity contribution in [1.82, 2.24) is 10.2 Å². The molecular weight excluding hydrogens is 432 g/mol. The largest absolute Gasteiger partial charge is 0.352 e. The van der Waals surface area contributed by atoms with Crippen LogP contribution in [-0.4, -0.2) is 28.8 Å². The highest BCUT2D eigenvalue weighted by atomic mass is 16.2. The van der Waals surface area contributed by atoms with E-state index in [1.165, 1.54) is 0 Å². The van der Waals surface area contributed by atoms with Gasteiger partial charge >= 0.3 is 0 Å². The van der Waals surface area contributed by atoms with Crippen LogP contribution in [0.5, 0.6) is 0 Å². The SMILES string of the molecule is CC[C@@H](C)NC(=O)[C@@H](Cc1ccccc1)N(Cc1cccc(C)c1)C(=O)Cc1cc(C)ccc1C. The number of carbonyl (C=O) groups is 2. The lowest BCUT2D eigenvalue weighted by molar-refractivity contribution is -0.141. The molecule has 0 aliphatic rings. The fraction of sp³-hybridized carbons (Fsp3) is 0.355. The highest BCUT2D eigenvalue weighted by Crippen LogP contribution is 2.19. The number of amides is 2. The lowest BCUT2D eigenvalue weighted by Gasteiger charge is -2.32. The number of benzene rings is 3. The molecule has 0 spiro atoms. The Morgan fingerprint density at radius 2 is 1.54 bits per heavy atom. The molecule has 0 aliphatic heterocycles. The van der Waals surface area contributed by atoms with Crippen molar-refractivity contribution < 1.29 is 9.59 Å². The number of hydrogen-bond donors (Lipinski definition) is 1. The molecule has 0 fully saturated rings. The quantitative estimate of drug-likeness (QED) is 0.413. The van der Waals surface area contributed by atoms with Gasteiger partial charge in [0, 0.05) is 19.0 Å². The summed E-state index contributed by atoms with van der Waals surface area (Å²) in [7, 11) is 0. The molecular formula is C31H38N2O2. The highest BCUT2D eigenvalue weighted by molar-refractivity contribution is 5.89. The van der Waals surface area contributed by atoms with E-state index in [0.29, 0.717) is 13.0 Å². The summed E-state index contributed by atoms with van der Waals surface area (Å²) in [6.45, 7) is 10.5. The Hall–Kier alpha value is -3.40. The minimum Gasteiger partial charge on any atom is -0.352 e. The predicted octanol–water partition coefficient (Wildman–Crippen LogP) is 5.71. The molecule has 184 valence electrons. The molecule has 2 amide bonds. The standard InChI is InChI=1S/C31H38N2O2/c1-6-25(5)32-31(35)29(19-26-12-8-7-9-13-26)33(21-27-14-10-11-22(2)17-27)30(34)20-28-18-23(3)15-16-24(28)4/h7-18,25,29H,6,19-21H2,1-5H3,(H,32,35)/t25-,29-/m1/s1. The maximum Gasteiger partial charge on any atom is 0.243 e. The molecule has 0 aliphatic carbocycles. The lowest BCUT2D eigenvalue weighted by atomic mass is 9.99. The number of nitrogens with one attached hydrogen (secondary N) is 1. The molecule has 3 aromatic rings. The van der Waals surface area contributed by atoms with E-state index in [2.05, 4.69) is 29.6 Å². The van der Waals surface area contributed by atoms with Crippen LogP contribution in [0.4, 0.5) is 0 Å². The highest BCUT2D eigenvalue weighted by Gasteiger charge is 2.31. The van der Waals surface area contributed by atoms with Crippen LogP contribution in [0.15, 0.2) is 72.8 Å². The molecule has 0 radical (unpaired) electrons. The van der Waals surface area contributed by atoms with Gasteiger partial charge in [0.05, 0.1) is 6.42 Å². The van der Waals surface area contributed by atoms with Gasteiger partial charge in [0.15, 0.2) is 0 Å². The van der Waals surface area contributed by atoms with Gasteiger partial charge in [-0.05, 0) is 56.4 Å². The van der Waals surface area contributed by atoms with E-state index in [-0.39, 0.29) is 24.3 Å². The third-order valence-corrected chi connectivity index (χ3v) is 6.55. The maximum atomic E-state index is 13.9. The third kappa shape index (κ3) is 7.54. The zero-order valence-corrected chi connectivity index (χ0v) is 21.7. The van der Waals surface area contributed by atoms with E-state index in [1.807, 2.05) is 83.1 Å². The van der Waals surface area contributed by atoms with Crippen LogP contribution >= 0.6 is 0 Å². The van der Waals surface area contributed by atoms with Crippen LogP contribution in [0.25, 0.3) is 0 Å². The number of aryl methyl sites for hydroxylation is 3. The number of hydrogen-bond acceptors (Lipinski definition) is 2. The zero-order valence-electron chi connectivity index (χ0n) is 21.7. The summed E-state index contributed by atoms with van der Waals surface area (Å²) in [5.74, 6) is -0.148. The van der Waals surface area contributed by atoms with Crippen molar-refractivity contribution >= 4 is 11.8 Å². The van der Waals surface area contributed by atoms with Crippen molar-refractivity contribution in [2.75, 3.05) is 0 Å². The molecule has 4 nitrogen and oxygen atoms in total. The first kappa shape index (κ1) is 26.2. The predicted molar refractivity (Wildman–Crippen MR) is 143 cm³/mol. The van der Waals surface area contributed by atoms with Gasteiger partial charge in [-0.2, -0.15) is 0 Å². The Labute approximate surface area is 210 Å². The van der Waals surface area contributed by atoms with Gasteiger partial charge in [0.1, 0.15) is 6.04 Å².